The Morgan fingerprint density at radius 2 is 1.82 bits per heavy atom. The second-order valence-corrected chi connectivity index (χ2v) is 8.56. The molecule has 0 aliphatic carbocycles. The Morgan fingerprint density at radius 3 is 2.45 bits per heavy atom. The van der Waals surface area contributed by atoms with Crippen LogP contribution in [0, 0.1) is 6.92 Å². The van der Waals surface area contributed by atoms with Crippen LogP contribution in [0.2, 0.25) is 0 Å². The number of benzene rings is 1. The Morgan fingerprint density at radius 1 is 1.12 bits per heavy atom. The van der Waals surface area contributed by atoms with E-state index >= 15 is 0 Å². The molecule has 9 heteroatoms. The van der Waals surface area contributed by atoms with Gasteiger partial charge >= 0.3 is 0 Å². The molecular weight excluding hydrogens is 428 g/mol. The molecule has 3 aromatic rings. The van der Waals surface area contributed by atoms with Crippen LogP contribution in [0.15, 0.2) is 36.5 Å². The highest BCUT2D eigenvalue weighted by molar-refractivity contribution is 5.92. The molecule has 1 N–H and O–H groups in total. The Hall–Kier alpha value is -2.91. The quantitative estimate of drug-likeness (QED) is 0.561. The summed E-state index contributed by atoms with van der Waals surface area (Å²) in [6, 6.07) is 8.18. The number of fused-ring (bicyclic) bond motifs is 1. The number of halogens is 2. The van der Waals surface area contributed by atoms with Gasteiger partial charge in [0.15, 0.2) is 5.82 Å². The zero-order valence-electron chi connectivity index (χ0n) is 19.5. The minimum atomic E-state index is -2.90. The number of aromatic nitrogens is 3. The molecule has 4 rings (SSSR count). The third-order valence-corrected chi connectivity index (χ3v) is 6.20. The SMILES string of the molecule is CO[C@H]1CN(c2cnc3c(C)nnc(N[C@H](C)c4cccc(C(C)(F)F)c4)c3c2)C[C@H]1OC. The number of hydrogen-bond donors (Lipinski definition) is 1. The van der Waals surface area contributed by atoms with Crippen LogP contribution in [-0.2, 0) is 15.4 Å². The van der Waals surface area contributed by atoms with Gasteiger partial charge in [-0.25, -0.2) is 8.78 Å². The fourth-order valence-corrected chi connectivity index (χ4v) is 4.21. The molecular formula is C24H29F2N5O2. The molecule has 7 nitrogen and oxygen atoms in total. The third kappa shape index (κ3) is 4.74. The Labute approximate surface area is 192 Å². The number of anilines is 2. The van der Waals surface area contributed by atoms with Crippen molar-refractivity contribution in [1.82, 2.24) is 15.2 Å². The van der Waals surface area contributed by atoms with Crippen LogP contribution in [0.5, 0.6) is 0 Å². The summed E-state index contributed by atoms with van der Waals surface area (Å²) >= 11 is 0. The summed E-state index contributed by atoms with van der Waals surface area (Å²) in [4.78, 5) is 6.82. The summed E-state index contributed by atoms with van der Waals surface area (Å²) in [5.41, 5.74) is 3.10. The van der Waals surface area contributed by atoms with E-state index in [0.717, 1.165) is 29.1 Å². The molecule has 33 heavy (non-hydrogen) atoms. The number of rotatable bonds is 7. The summed E-state index contributed by atoms with van der Waals surface area (Å²) in [7, 11) is 3.37. The highest BCUT2D eigenvalue weighted by atomic mass is 19.3. The predicted molar refractivity (Wildman–Crippen MR) is 124 cm³/mol. The first kappa shape index (κ1) is 23.3. The number of nitrogens with zero attached hydrogens (tertiary/aromatic N) is 4. The number of pyridine rings is 1. The fourth-order valence-electron chi connectivity index (χ4n) is 4.21. The monoisotopic (exact) mass is 457 g/mol. The summed E-state index contributed by atoms with van der Waals surface area (Å²) in [6.07, 6.45) is 1.77. The van der Waals surface area contributed by atoms with E-state index in [1.54, 1.807) is 20.3 Å². The Bertz CT molecular complexity index is 1130. The van der Waals surface area contributed by atoms with E-state index in [-0.39, 0.29) is 23.8 Å². The van der Waals surface area contributed by atoms with Crippen LogP contribution in [0.4, 0.5) is 20.3 Å². The van der Waals surface area contributed by atoms with Gasteiger partial charge < -0.3 is 19.7 Å². The lowest BCUT2D eigenvalue weighted by atomic mass is 10.0. The van der Waals surface area contributed by atoms with Crippen LogP contribution in [-0.4, -0.2) is 54.7 Å². The topological polar surface area (TPSA) is 72.4 Å². The minimum Gasteiger partial charge on any atom is -0.377 e. The summed E-state index contributed by atoms with van der Waals surface area (Å²) in [6.45, 7) is 6.05. The van der Waals surface area contributed by atoms with Crippen LogP contribution in [0.3, 0.4) is 0 Å². The smallest absolute Gasteiger partial charge is 0.270 e. The first-order valence-electron chi connectivity index (χ1n) is 10.9. The lowest BCUT2D eigenvalue weighted by molar-refractivity contribution is -0.00461. The molecule has 1 fully saturated rings. The molecule has 0 saturated carbocycles. The molecule has 1 aliphatic heterocycles. The number of aryl methyl sites for hydroxylation is 1. The summed E-state index contributed by atoms with van der Waals surface area (Å²) in [5.74, 6) is -2.35. The molecule has 1 aliphatic rings. The van der Waals surface area contributed by atoms with Crippen molar-refractivity contribution in [2.45, 2.75) is 44.9 Å². The van der Waals surface area contributed by atoms with Gasteiger partial charge in [-0.3, -0.25) is 4.98 Å². The second kappa shape index (κ2) is 9.15. The third-order valence-electron chi connectivity index (χ3n) is 6.20. The van der Waals surface area contributed by atoms with Crippen LogP contribution in [0.25, 0.3) is 10.9 Å². The first-order valence-corrected chi connectivity index (χ1v) is 10.9. The average molecular weight is 458 g/mol. The van der Waals surface area contributed by atoms with Gasteiger partial charge in [0, 0.05) is 45.2 Å². The largest absolute Gasteiger partial charge is 0.377 e. The Kier molecular flexibility index (Phi) is 6.45. The minimum absolute atomic E-state index is 0.0214. The van der Waals surface area contributed by atoms with E-state index in [9.17, 15) is 8.78 Å². The Balaban J connectivity index is 1.66. The maximum Gasteiger partial charge on any atom is 0.270 e. The molecule has 1 saturated heterocycles. The molecule has 2 aromatic heterocycles. The first-order chi connectivity index (χ1) is 15.7. The van der Waals surface area contributed by atoms with E-state index in [1.165, 1.54) is 12.1 Å². The molecule has 0 amide bonds. The zero-order valence-corrected chi connectivity index (χ0v) is 19.5. The summed E-state index contributed by atoms with van der Waals surface area (Å²) < 4.78 is 38.7. The highest BCUT2D eigenvalue weighted by Gasteiger charge is 2.33. The maximum atomic E-state index is 13.8. The maximum absolute atomic E-state index is 13.8. The van der Waals surface area contributed by atoms with E-state index in [4.69, 9.17) is 9.47 Å². The molecule has 176 valence electrons. The van der Waals surface area contributed by atoms with Crippen molar-refractivity contribution in [3.8, 4) is 0 Å². The lowest BCUT2D eigenvalue weighted by Crippen LogP contribution is -2.27. The van der Waals surface area contributed by atoms with Gasteiger partial charge in [-0.2, -0.15) is 5.10 Å². The number of hydrogen-bond acceptors (Lipinski definition) is 7. The molecule has 1 aromatic carbocycles. The average Bonchev–Trinajstić information content (AvgIpc) is 3.24. The van der Waals surface area contributed by atoms with Crippen molar-refractivity contribution in [1.29, 1.82) is 0 Å². The molecule has 3 heterocycles. The van der Waals surface area contributed by atoms with Gasteiger partial charge in [0.05, 0.1) is 29.1 Å². The van der Waals surface area contributed by atoms with Crippen molar-refractivity contribution in [2.24, 2.45) is 0 Å². The molecule has 0 spiro atoms. The number of nitrogens with one attached hydrogen (secondary N) is 1. The zero-order chi connectivity index (χ0) is 23.8. The van der Waals surface area contributed by atoms with Crippen molar-refractivity contribution in [2.75, 3.05) is 37.5 Å². The van der Waals surface area contributed by atoms with Crippen molar-refractivity contribution in [3.63, 3.8) is 0 Å². The van der Waals surface area contributed by atoms with Crippen molar-refractivity contribution in [3.05, 3.63) is 53.3 Å². The number of ether oxygens (including phenoxy) is 2. The van der Waals surface area contributed by atoms with Gasteiger partial charge in [-0.05, 0) is 31.5 Å². The van der Waals surface area contributed by atoms with E-state index in [0.29, 0.717) is 24.6 Å². The fraction of sp³-hybridized carbons (Fsp3) is 0.458. The van der Waals surface area contributed by atoms with Gasteiger partial charge in [-0.15, -0.1) is 5.10 Å². The standard InChI is InChI=1S/C24H29F2N5O2/c1-14(16-7-6-8-17(9-16)24(3,25)26)28-23-19-10-18(11-27-22(19)15(2)29-30-23)31-12-20(32-4)21(13-31)33-5/h6-11,14,20-21H,12-13H2,1-5H3,(H,28,30)/t14-,20-,21+/m1/s1. The van der Waals surface area contributed by atoms with Crippen LogP contribution < -0.4 is 10.2 Å². The van der Waals surface area contributed by atoms with Crippen LogP contribution >= 0.6 is 0 Å². The second-order valence-electron chi connectivity index (χ2n) is 8.56. The summed E-state index contributed by atoms with van der Waals surface area (Å²) in [5, 5.41) is 12.8. The predicted octanol–water partition coefficient (Wildman–Crippen LogP) is 4.47. The van der Waals surface area contributed by atoms with Crippen molar-refractivity contribution < 1.29 is 18.3 Å². The van der Waals surface area contributed by atoms with Crippen molar-refractivity contribution >= 4 is 22.4 Å². The molecule has 0 radical (unpaired) electrons. The molecule has 0 unspecified atom stereocenters. The van der Waals surface area contributed by atoms with Gasteiger partial charge in [-0.1, -0.05) is 18.2 Å². The highest BCUT2D eigenvalue weighted by Crippen LogP contribution is 2.32. The van der Waals surface area contributed by atoms with Gasteiger partial charge in [0.1, 0.15) is 12.2 Å². The van der Waals surface area contributed by atoms with Gasteiger partial charge in [0.25, 0.3) is 5.92 Å². The normalized spacial score (nSPS) is 19.8. The molecule has 0 bridgehead atoms. The number of methoxy groups -OCH3 is 2. The number of alkyl halides is 2. The van der Waals surface area contributed by atoms with Crippen LogP contribution in [0.1, 0.15) is 36.7 Å². The lowest BCUT2D eigenvalue weighted by Gasteiger charge is -2.21. The molecule has 3 atom stereocenters. The van der Waals surface area contributed by atoms with E-state index in [1.807, 2.05) is 32.2 Å². The van der Waals surface area contributed by atoms with E-state index < -0.39 is 5.92 Å². The van der Waals surface area contributed by atoms with Gasteiger partial charge in [0.2, 0.25) is 0 Å². The van der Waals surface area contributed by atoms with E-state index in [2.05, 4.69) is 25.4 Å².